The molecule has 0 spiro atoms. The molecule has 1 fully saturated rings. The fraction of sp³-hybridized carbons (Fsp3) is 0.727. The Hall–Kier alpha value is -1.63. The molecule has 2 amide bonds. The molecule has 18 heavy (non-hydrogen) atoms. The summed E-state index contributed by atoms with van der Waals surface area (Å²) >= 11 is 0. The first-order valence-electron chi connectivity index (χ1n) is 5.66. The summed E-state index contributed by atoms with van der Waals surface area (Å²) in [7, 11) is 4.71. The highest BCUT2D eigenvalue weighted by molar-refractivity contribution is 5.87. The summed E-state index contributed by atoms with van der Waals surface area (Å²) in [4.78, 5) is 36.7. The highest BCUT2D eigenvalue weighted by atomic mass is 16.5. The van der Waals surface area contributed by atoms with Crippen LogP contribution in [-0.2, 0) is 19.1 Å². The summed E-state index contributed by atoms with van der Waals surface area (Å²) < 4.78 is 5.13. The van der Waals surface area contributed by atoms with Crippen molar-refractivity contribution in [2.45, 2.75) is 25.0 Å². The number of hydrogen-bond donors (Lipinski definition) is 1. The highest BCUT2D eigenvalue weighted by Crippen LogP contribution is 2.21. The van der Waals surface area contributed by atoms with Crippen LogP contribution in [0.2, 0.25) is 0 Å². The van der Waals surface area contributed by atoms with Crippen LogP contribution in [0.3, 0.4) is 0 Å². The van der Waals surface area contributed by atoms with E-state index in [-0.39, 0.29) is 18.4 Å². The van der Waals surface area contributed by atoms with Gasteiger partial charge in [-0.15, -0.1) is 0 Å². The van der Waals surface area contributed by atoms with Gasteiger partial charge in [-0.2, -0.15) is 0 Å². The summed E-state index contributed by atoms with van der Waals surface area (Å²) in [5.74, 6) is -1.61. The van der Waals surface area contributed by atoms with Crippen molar-refractivity contribution in [3.8, 4) is 0 Å². The molecule has 1 rings (SSSR count). The molecule has 0 radical (unpaired) electrons. The van der Waals surface area contributed by atoms with Gasteiger partial charge in [0.15, 0.2) is 6.10 Å². The minimum Gasteiger partial charge on any atom is -0.479 e. The van der Waals surface area contributed by atoms with Crippen molar-refractivity contribution in [2.75, 3.05) is 27.7 Å². The summed E-state index contributed by atoms with van der Waals surface area (Å²) in [5.41, 5.74) is 0. The van der Waals surface area contributed by atoms with Crippen LogP contribution in [0.1, 0.15) is 12.8 Å². The van der Waals surface area contributed by atoms with Gasteiger partial charge in [0.25, 0.3) is 5.91 Å². The second-order valence-corrected chi connectivity index (χ2v) is 4.51. The van der Waals surface area contributed by atoms with Gasteiger partial charge in [0.1, 0.15) is 6.10 Å². The lowest BCUT2D eigenvalue weighted by atomic mass is 10.2. The maximum absolute atomic E-state index is 11.9. The molecular formula is C11H18N2O5. The Kier molecular flexibility index (Phi) is 4.66. The number of aliphatic carboxylic acids is 1. The fourth-order valence-corrected chi connectivity index (χ4v) is 1.67. The first kappa shape index (κ1) is 14.4. The third kappa shape index (κ3) is 3.43. The zero-order valence-corrected chi connectivity index (χ0v) is 10.8. The second-order valence-electron chi connectivity index (χ2n) is 4.51. The number of nitrogens with zero attached hydrogens (tertiary/aromatic N) is 2. The molecule has 1 saturated heterocycles. The van der Waals surface area contributed by atoms with Gasteiger partial charge in [-0.1, -0.05) is 0 Å². The lowest BCUT2D eigenvalue weighted by Gasteiger charge is -2.22. The van der Waals surface area contributed by atoms with Gasteiger partial charge in [0.05, 0.1) is 6.54 Å². The third-order valence-electron chi connectivity index (χ3n) is 2.82. The van der Waals surface area contributed by atoms with Crippen LogP contribution < -0.4 is 0 Å². The number of hydrogen-bond acceptors (Lipinski definition) is 4. The molecule has 1 aliphatic rings. The number of carbonyl (C=O) groups excluding carboxylic acids is 2. The van der Waals surface area contributed by atoms with Crippen LogP contribution in [0.5, 0.6) is 0 Å². The fourth-order valence-electron chi connectivity index (χ4n) is 1.67. The zero-order valence-electron chi connectivity index (χ0n) is 10.8. The van der Waals surface area contributed by atoms with Crippen LogP contribution in [0.25, 0.3) is 0 Å². The molecule has 0 aromatic carbocycles. The van der Waals surface area contributed by atoms with Gasteiger partial charge in [-0.3, -0.25) is 9.59 Å². The Morgan fingerprint density at radius 2 is 1.72 bits per heavy atom. The van der Waals surface area contributed by atoms with Crippen LogP contribution in [0, 0.1) is 0 Å². The predicted molar refractivity (Wildman–Crippen MR) is 61.9 cm³/mol. The van der Waals surface area contributed by atoms with E-state index < -0.39 is 18.2 Å². The number of amides is 2. The average molecular weight is 258 g/mol. The normalized spacial score (nSPS) is 22.6. The molecule has 1 aliphatic heterocycles. The summed E-state index contributed by atoms with van der Waals surface area (Å²) in [6.07, 6.45) is -0.986. The van der Waals surface area contributed by atoms with Crippen LogP contribution in [-0.4, -0.2) is 72.6 Å². The lowest BCUT2D eigenvalue weighted by Crippen LogP contribution is -2.42. The number of ether oxygens (including phenoxy) is 1. The number of carbonyl (C=O) groups is 3. The molecule has 102 valence electrons. The van der Waals surface area contributed by atoms with Gasteiger partial charge in [-0.25, -0.2) is 4.79 Å². The molecule has 0 saturated carbocycles. The Morgan fingerprint density at radius 1 is 1.17 bits per heavy atom. The highest BCUT2D eigenvalue weighted by Gasteiger charge is 2.36. The van der Waals surface area contributed by atoms with Crippen molar-refractivity contribution in [3.05, 3.63) is 0 Å². The van der Waals surface area contributed by atoms with Gasteiger partial charge in [0.2, 0.25) is 5.91 Å². The van der Waals surface area contributed by atoms with E-state index in [4.69, 9.17) is 9.84 Å². The topological polar surface area (TPSA) is 87.2 Å². The lowest BCUT2D eigenvalue weighted by molar-refractivity contribution is -0.155. The van der Waals surface area contributed by atoms with E-state index in [1.165, 1.54) is 16.8 Å². The average Bonchev–Trinajstić information content (AvgIpc) is 2.76. The Morgan fingerprint density at radius 3 is 2.17 bits per heavy atom. The Bertz CT molecular complexity index is 355. The zero-order chi connectivity index (χ0) is 13.9. The van der Waals surface area contributed by atoms with Crippen molar-refractivity contribution in [2.24, 2.45) is 0 Å². The molecule has 0 bridgehead atoms. The van der Waals surface area contributed by atoms with E-state index in [0.717, 1.165) is 0 Å². The summed E-state index contributed by atoms with van der Waals surface area (Å²) in [5, 5.41) is 8.76. The molecule has 0 aromatic heterocycles. The standard InChI is InChI=1S/C11H18N2O5/c1-12(2)9(14)6-13(3)10(15)7-4-5-8(18-7)11(16)17/h7-8H,4-6H2,1-3H3,(H,16,17). The molecule has 2 atom stereocenters. The quantitative estimate of drug-likeness (QED) is 0.711. The maximum atomic E-state index is 11.9. The van der Waals surface area contributed by atoms with Gasteiger partial charge in [-0.05, 0) is 12.8 Å². The van der Waals surface area contributed by atoms with Crippen LogP contribution in [0.15, 0.2) is 0 Å². The van der Waals surface area contributed by atoms with Gasteiger partial charge < -0.3 is 19.6 Å². The number of carboxylic acids is 1. The molecular weight excluding hydrogens is 240 g/mol. The van der Waals surface area contributed by atoms with Crippen LogP contribution in [0.4, 0.5) is 0 Å². The van der Waals surface area contributed by atoms with E-state index in [1.807, 2.05) is 0 Å². The largest absolute Gasteiger partial charge is 0.479 e. The molecule has 7 nitrogen and oxygen atoms in total. The van der Waals surface area contributed by atoms with Crippen LogP contribution >= 0.6 is 0 Å². The third-order valence-corrected chi connectivity index (χ3v) is 2.82. The SMILES string of the molecule is CN(C)C(=O)CN(C)C(=O)C1CCC(C(=O)O)O1. The number of carboxylic acid groups (broad SMARTS) is 1. The number of likely N-dealkylation sites (N-methyl/N-ethyl adjacent to an activating group) is 2. The summed E-state index contributed by atoms with van der Waals surface area (Å²) in [6.45, 7) is -0.0383. The minimum absolute atomic E-state index is 0.0383. The molecule has 0 aromatic rings. The van der Waals surface area contributed by atoms with Crippen molar-refractivity contribution < 1.29 is 24.2 Å². The first-order valence-corrected chi connectivity index (χ1v) is 5.66. The molecule has 1 N–H and O–H groups in total. The van der Waals surface area contributed by atoms with Gasteiger partial charge >= 0.3 is 5.97 Å². The van der Waals surface area contributed by atoms with E-state index in [2.05, 4.69) is 0 Å². The molecule has 2 unspecified atom stereocenters. The van der Waals surface area contributed by atoms with E-state index >= 15 is 0 Å². The molecule has 1 heterocycles. The van der Waals surface area contributed by atoms with Crippen molar-refractivity contribution in [3.63, 3.8) is 0 Å². The number of rotatable bonds is 4. The van der Waals surface area contributed by atoms with E-state index in [1.54, 1.807) is 14.1 Å². The van der Waals surface area contributed by atoms with Gasteiger partial charge in [0, 0.05) is 21.1 Å². The Labute approximate surface area is 105 Å². The maximum Gasteiger partial charge on any atom is 0.332 e. The minimum atomic E-state index is -1.06. The summed E-state index contributed by atoms with van der Waals surface area (Å²) in [6, 6.07) is 0. The van der Waals surface area contributed by atoms with E-state index in [0.29, 0.717) is 12.8 Å². The van der Waals surface area contributed by atoms with Crippen molar-refractivity contribution >= 4 is 17.8 Å². The Balaban J connectivity index is 2.50. The second kappa shape index (κ2) is 5.81. The monoisotopic (exact) mass is 258 g/mol. The van der Waals surface area contributed by atoms with Crippen molar-refractivity contribution in [1.82, 2.24) is 9.80 Å². The van der Waals surface area contributed by atoms with E-state index in [9.17, 15) is 14.4 Å². The first-order chi connectivity index (χ1) is 8.32. The molecule has 7 heteroatoms. The van der Waals surface area contributed by atoms with Crippen molar-refractivity contribution in [1.29, 1.82) is 0 Å². The predicted octanol–water partition coefficient (Wildman–Crippen LogP) is -0.835. The smallest absolute Gasteiger partial charge is 0.332 e. The molecule has 0 aliphatic carbocycles.